The number of aromatic nitrogens is 2. The van der Waals surface area contributed by atoms with E-state index in [0.29, 0.717) is 5.92 Å². The van der Waals surface area contributed by atoms with Crippen molar-refractivity contribution in [3.05, 3.63) is 34.5 Å². The predicted molar refractivity (Wildman–Crippen MR) is 79.7 cm³/mol. The molecule has 1 saturated heterocycles. The van der Waals surface area contributed by atoms with Gasteiger partial charge in [0.2, 0.25) is 0 Å². The summed E-state index contributed by atoms with van der Waals surface area (Å²) in [6, 6.07) is 6.35. The number of nitrogens with zero attached hydrogens (tertiary/aromatic N) is 2. The number of pyridine rings is 1. The Morgan fingerprint density at radius 1 is 1.16 bits per heavy atom. The lowest BCUT2D eigenvalue weighted by molar-refractivity contribution is 0.453. The van der Waals surface area contributed by atoms with Gasteiger partial charge in [-0.25, -0.2) is 4.98 Å². The van der Waals surface area contributed by atoms with E-state index < -0.39 is 0 Å². The average molecular weight is 273 g/mol. The Morgan fingerprint density at radius 3 is 2.63 bits per heavy atom. The van der Waals surface area contributed by atoms with E-state index in [1.165, 1.54) is 23.4 Å². The van der Waals surface area contributed by atoms with Crippen LogP contribution >= 0.6 is 11.3 Å². The second-order valence-electron chi connectivity index (χ2n) is 5.13. The molecular formula is C15H19N3S. The van der Waals surface area contributed by atoms with Gasteiger partial charge in [0.25, 0.3) is 0 Å². The van der Waals surface area contributed by atoms with Gasteiger partial charge in [0.15, 0.2) is 0 Å². The molecule has 1 N–H and O–H groups in total. The van der Waals surface area contributed by atoms with E-state index >= 15 is 0 Å². The van der Waals surface area contributed by atoms with E-state index in [2.05, 4.69) is 42.3 Å². The first-order chi connectivity index (χ1) is 9.24. The molecule has 0 spiro atoms. The third kappa shape index (κ3) is 2.69. The maximum absolute atomic E-state index is 4.84. The number of thiazole rings is 1. The van der Waals surface area contributed by atoms with Crippen LogP contribution in [0.5, 0.6) is 0 Å². The van der Waals surface area contributed by atoms with Crippen molar-refractivity contribution >= 4 is 11.3 Å². The Kier molecular flexibility index (Phi) is 3.62. The van der Waals surface area contributed by atoms with Crippen LogP contribution in [-0.2, 0) is 0 Å². The number of aryl methyl sites for hydroxylation is 2. The van der Waals surface area contributed by atoms with Crippen molar-refractivity contribution in [2.75, 3.05) is 13.1 Å². The molecule has 3 nitrogen and oxygen atoms in total. The smallest absolute Gasteiger partial charge is 0.142 e. The van der Waals surface area contributed by atoms with E-state index in [1.807, 2.05) is 0 Å². The molecule has 0 aliphatic carbocycles. The molecule has 3 rings (SSSR count). The van der Waals surface area contributed by atoms with Crippen LogP contribution in [0.3, 0.4) is 0 Å². The van der Waals surface area contributed by atoms with E-state index in [4.69, 9.17) is 4.98 Å². The molecule has 1 aliphatic rings. The van der Waals surface area contributed by atoms with Gasteiger partial charge in [0.05, 0.1) is 11.4 Å². The fraction of sp³-hybridized carbons (Fsp3) is 0.467. The van der Waals surface area contributed by atoms with E-state index in [-0.39, 0.29) is 0 Å². The maximum Gasteiger partial charge on any atom is 0.142 e. The zero-order valence-corrected chi connectivity index (χ0v) is 12.3. The number of hydrogen-bond acceptors (Lipinski definition) is 4. The third-order valence-corrected chi connectivity index (χ3v) is 4.87. The van der Waals surface area contributed by atoms with Crippen LogP contribution in [0, 0.1) is 13.8 Å². The molecule has 0 bridgehead atoms. The first-order valence-corrected chi connectivity index (χ1v) is 7.68. The maximum atomic E-state index is 4.84. The average Bonchev–Trinajstić information content (AvgIpc) is 2.80. The van der Waals surface area contributed by atoms with Crippen molar-refractivity contribution in [1.29, 1.82) is 0 Å². The summed E-state index contributed by atoms with van der Waals surface area (Å²) >= 11 is 1.74. The minimum Gasteiger partial charge on any atom is -0.317 e. The largest absolute Gasteiger partial charge is 0.317 e. The fourth-order valence-corrected chi connectivity index (χ4v) is 3.38. The van der Waals surface area contributed by atoms with Crippen molar-refractivity contribution in [2.45, 2.75) is 32.6 Å². The Bertz CT molecular complexity index is 551. The summed E-state index contributed by atoms with van der Waals surface area (Å²) in [6.07, 6.45) is 2.37. The lowest BCUT2D eigenvalue weighted by atomic mass is 9.94. The molecular weight excluding hydrogens is 254 g/mol. The van der Waals surface area contributed by atoms with Gasteiger partial charge in [-0.1, -0.05) is 6.07 Å². The number of nitrogens with one attached hydrogen (secondary N) is 1. The fourth-order valence-electron chi connectivity index (χ4n) is 2.50. The Labute approximate surface area is 118 Å². The van der Waals surface area contributed by atoms with Gasteiger partial charge in [0, 0.05) is 16.5 Å². The molecule has 1 fully saturated rings. The van der Waals surface area contributed by atoms with Crippen molar-refractivity contribution in [1.82, 2.24) is 15.3 Å². The number of rotatable bonds is 2. The highest BCUT2D eigenvalue weighted by Crippen LogP contribution is 2.29. The van der Waals surface area contributed by atoms with Gasteiger partial charge < -0.3 is 5.32 Å². The highest BCUT2D eigenvalue weighted by atomic mass is 32.1. The molecule has 1 aliphatic heterocycles. The topological polar surface area (TPSA) is 37.8 Å². The molecule has 2 aromatic rings. The van der Waals surface area contributed by atoms with Crippen LogP contribution in [0.4, 0.5) is 0 Å². The molecule has 0 amide bonds. The van der Waals surface area contributed by atoms with E-state index in [9.17, 15) is 0 Å². The zero-order chi connectivity index (χ0) is 13.2. The quantitative estimate of drug-likeness (QED) is 0.912. The summed E-state index contributed by atoms with van der Waals surface area (Å²) in [7, 11) is 0. The Balaban J connectivity index is 1.90. The van der Waals surface area contributed by atoms with Crippen molar-refractivity contribution < 1.29 is 0 Å². The normalized spacial score (nSPS) is 16.7. The number of hydrogen-bond donors (Lipinski definition) is 1. The molecule has 4 heteroatoms. The molecule has 2 aromatic heterocycles. The van der Waals surface area contributed by atoms with Crippen LogP contribution in [-0.4, -0.2) is 23.1 Å². The molecule has 0 unspecified atom stereocenters. The minimum absolute atomic E-state index is 0.600. The van der Waals surface area contributed by atoms with Crippen LogP contribution in [0.25, 0.3) is 10.7 Å². The molecule has 0 saturated carbocycles. The first kappa shape index (κ1) is 12.8. The zero-order valence-electron chi connectivity index (χ0n) is 11.4. The summed E-state index contributed by atoms with van der Waals surface area (Å²) in [5.74, 6) is 0.600. The lowest BCUT2D eigenvalue weighted by Crippen LogP contribution is -2.27. The van der Waals surface area contributed by atoms with Crippen LogP contribution < -0.4 is 5.32 Å². The monoisotopic (exact) mass is 273 g/mol. The third-order valence-electron chi connectivity index (χ3n) is 3.78. The summed E-state index contributed by atoms with van der Waals surface area (Å²) in [5.41, 5.74) is 3.37. The van der Waals surface area contributed by atoms with E-state index in [0.717, 1.165) is 29.5 Å². The molecule has 3 heterocycles. The Morgan fingerprint density at radius 2 is 1.95 bits per heavy atom. The summed E-state index contributed by atoms with van der Waals surface area (Å²) in [5, 5.41) is 4.45. The minimum atomic E-state index is 0.600. The second kappa shape index (κ2) is 5.39. The van der Waals surface area contributed by atoms with Crippen LogP contribution in [0.15, 0.2) is 18.2 Å². The van der Waals surface area contributed by atoms with Gasteiger partial charge in [0.1, 0.15) is 5.01 Å². The second-order valence-corrected chi connectivity index (χ2v) is 6.34. The first-order valence-electron chi connectivity index (χ1n) is 6.86. The van der Waals surface area contributed by atoms with Crippen LogP contribution in [0.1, 0.15) is 35.0 Å². The highest BCUT2D eigenvalue weighted by Gasteiger charge is 2.17. The molecule has 19 heavy (non-hydrogen) atoms. The van der Waals surface area contributed by atoms with Crippen molar-refractivity contribution in [3.63, 3.8) is 0 Å². The molecule has 0 atom stereocenters. The summed E-state index contributed by atoms with van der Waals surface area (Å²) < 4.78 is 0. The van der Waals surface area contributed by atoms with Crippen LogP contribution in [0.2, 0.25) is 0 Å². The molecule has 0 radical (unpaired) electrons. The Hall–Kier alpha value is -1.26. The highest BCUT2D eigenvalue weighted by molar-refractivity contribution is 7.15. The lowest BCUT2D eigenvalue weighted by Gasteiger charge is -2.22. The van der Waals surface area contributed by atoms with E-state index in [1.54, 1.807) is 11.3 Å². The van der Waals surface area contributed by atoms with Gasteiger partial charge >= 0.3 is 0 Å². The SMILES string of the molecule is Cc1nc(-c2cccc(C3CCNCC3)n2)sc1C. The molecule has 100 valence electrons. The standard InChI is InChI=1S/C15H19N3S/c1-10-11(2)19-15(17-10)14-5-3-4-13(18-14)12-6-8-16-9-7-12/h3-5,12,16H,6-9H2,1-2H3. The van der Waals surface area contributed by atoms with Gasteiger partial charge in [-0.05, 0) is 51.9 Å². The summed E-state index contributed by atoms with van der Waals surface area (Å²) in [6.45, 7) is 6.39. The van der Waals surface area contributed by atoms with Gasteiger partial charge in [-0.2, -0.15) is 0 Å². The van der Waals surface area contributed by atoms with Gasteiger partial charge in [-0.3, -0.25) is 4.98 Å². The van der Waals surface area contributed by atoms with Crippen molar-refractivity contribution in [3.8, 4) is 10.7 Å². The number of piperidine rings is 1. The van der Waals surface area contributed by atoms with Crippen molar-refractivity contribution in [2.24, 2.45) is 0 Å². The summed E-state index contributed by atoms with van der Waals surface area (Å²) in [4.78, 5) is 10.7. The van der Waals surface area contributed by atoms with Gasteiger partial charge in [-0.15, -0.1) is 11.3 Å². The predicted octanol–water partition coefficient (Wildman–Crippen LogP) is 3.29. The molecule has 0 aromatic carbocycles.